The van der Waals surface area contributed by atoms with Gasteiger partial charge in [0, 0.05) is 49.3 Å². The van der Waals surface area contributed by atoms with E-state index in [1.165, 1.54) is 6.07 Å². The molecule has 1 aliphatic rings. The Bertz CT molecular complexity index is 755. The molecule has 7 heteroatoms. The zero-order valence-corrected chi connectivity index (χ0v) is 16.5. The summed E-state index contributed by atoms with van der Waals surface area (Å²) in [6.07, 6.45) is -0.665. The van der Waals surface area contributed by atoms with Crippen molar-refractivity contribution in [1.29, 1.82) is 0 Å². The third-order valence-corrected chi connectivity index (χ3v) is 5.20. The molecule has 1 aliphatic heterocycles. The highest BCUT2D eigenvalue weighted by Crippen LogP contribution is 2.22. The van der Waals surface area contributed by atoms with E-state index in [0.29, 0.717) is 16.6 Å². The van der Waals surface area contributed by atoms with Crippen molar-refractivity contribution in [2.75, 3.05) is 39.3 Å². The maximum Gasteiger partial charge on any atom is 0.165 e. The molecule has 0 bridgehead atoms. The van der Waals surface area contributed by atoms with Crippen LogP contribution >= 0.6 is 23.2 Å². The number of piperazine rings is 1. The highest BCUT2D eigenvalue weighted by Gasteiger charge is 2.20. The first-order valence-corrected chi connectivity index (χ1v) is 9.71. The van der Waals surface area contributed by atoms with E-state index >= 15 is 0 Å². The number of aliphatic hydroxyl groups is 1. The first-order chi connectivity index (χ1) is 13.0. The van der Waals surface area contributed by atoms with Gasteiger partial charge in [-0.1, -0.05) is 41.4 Å². The lowest BCUT2D eigenvalue weighted by molar-refractivity contribution is 0.0438. The molecular formula is C20H23Cl2FN2O2. The van der Waals surface area contributed by atoms with Gasteiger partial charge in [0.15, 0.2) is 11.6 Å². The van der Waals surface area contributed by atoms with Crippen LogP contribution in [-0.2, 0) is 6.54 Å². The van der Waals surface area contributed by atoms with Gasteiger partial charge in [-0.15, -0.1) is 0 Å². The van der Waals surface area contributed by atoms with Crippen LogP contribution in [0.2, 0.25) is 10.0 Å². The molecular weight excluding hydrogens is 390 g/mol. The lowest BCUT2D eigenvalue weighted by Gasteiger charge is -2.35. The molecule has 1 fully saturated rings. The second kappa shape index (κ2) is 9.71. The predicted octanol–water partition coefficient (Wildman–Crippen LogP) is 3.69. The minimum atomic E-state index is -0.665. The number of β-amino-alcohol motifs (C(OH)–C–C–N with tert-alkyl or cyclic N) is 1. The Kier molecular flexibility index (Phi) is 7.33. The Labute approximate surface area is 169 Å². The Balaban J connectivity index is 1.40. The normalized spacial score (nSPS) is 17.0. The highest BCUT2D eigenvalue weighted by atomic mass is 35.5. The fraction of sp³-hybridized carbons (Fsp3) is 0.400. The molecule has 2 aromatic carbocycles. The number of benzene rings is 2. The van der Waals surface area contributed by atoms with Crippen LogP contribution in [0.5, 0.6) is 5.75 Å². The topological polar surface area (TPSA) is 35.9 Å². The van der Waals surface area contributed by atoms with Gasteiger partial charge in [-0.3, -0.25) is 9.80 Å². The monoisotopic (exact) mass is 412 g/mol. The molecule has 1 N–H and O–H groups in total. The minimum Gasteiger partial charge on any atom is -0.488 e. The van der Waals surface area contributed by atoms with E-state index in [1.54, 1.807) is 24.3 Å². The van der Waals surface area contributed by atoms with Gasteiger partial charge in [0.25, 0.3) is 0 Å². The standard InChI is InChI=1S/C20H23Cl2FN2O2/c21-16-6-5-15(18(22)11-16)12-24-7-9-25(10-8-24)13-17(26)14-27-20-4-2-1-3-19(20)23/h1-6,11,17,26H,7-10,12-14H2. The maximum atomic E-state index is 13.5. The SMILES string of the molecule is OC(COc1ccccc1F)CN1CCN(Cc2ccc(Cl)cc2Cl)CC1. The van der Waals surface area contributed by atoms with Crippen LogP contribution < -0.4 is 4.74 Å². The molecule has 27 heavy (non-hydrogen) atoms. The Morgan fingerprint density at radius 1 is 1.04 bits per heavy atom. The molecule has 0 aromatic heterocycles. The molecule has 1 atom stereocenters. The van der Waals surface area contributed by atoms with Gasteiger partial charge < -0.3 is 9.84 Å². The average molecular weight is 413 g/mol. The zero-order chi connectivity index (χ0) is 19.2. The van der Waals surface area contributed by atoms with Gasteiger partial charge >= 0.3 is 0 Å². The van der Waals surface area contributed by atoms with Crippen LogP contribution in [0.1, 0.15) is 5.56 Å². The molecule has 146 valence electrons. The van der Waals surface area contributed by atoms with Crippen molar-refractivity contribution < 1.29 is 14.2 Å². The number of hydrogen-bond donors (Lipinski definition) is 1. The summed E-state index contributed by atoms with van der Waals surface area (Å²) in [6.45, 7) is 4.83. The molecule has 0 radical (unpaired) electrons. The van der Waals surface area contributed by atoms with E-state index in [9.17, 15) is 9.50 Å². The number of para-hydroxylation sites is 1. The van der Waals surface area contributed by atoms with Crippen LogP contribution in [0.4, 0.5) is 4.39 Å². The van der Waals surface area contributed by atoms with E-state index in [0.717, 1.165) is 38.3 Å². The molecule has 1 heterocycles. The minimum absolute atomic E-state index is 0.0710. The van der Waals surface area contributed by atoms with Crippen LogP contribution in [-0.4, -0.2) is 60.3 Å². The summed E-state index contributed by atoms with van der Waals surface area (Å²) in [7, 11) is 0. The van der Waals surface area contributed by atoms with Gasteiger partial charge in [0.1, 0.15) is 12.7 Å². The Morgan fingerprint density at radius 2 is 1.74 bits per heavy atom. The van der Waals surface area contributed by atoms with Crippen molar-refractivity contribution in [3.05, 3.63) is 63.9 Å². The second-order valence-electron chi connectivity index (χ2n) is 6.71. The fourth-order valence-corrected chi connectivity index (χ4v) is 3.59. The van der Waals surface area contributed by atoms with Crippen molar-refractivity contribution in [2.24, 2.45) is 0 Å². The smallest absolute Gasteiger partial charge is 0.165 e. The predicted molar refractivity (Wildman–Crippen MR) is 106 cm³/mol. The number of aliphatic hydroxyl groups excluding tert-OH is 1. The van der Waals surface area contributed by atoms with Crippen LogP contribution in [0.25, 0.3) is 0 Å². The van der Waals surface area contributed by atoms with Crippen LogP contribution in [0.3, 0.4) is 0 Å². The Morgan fingerprint density at radius 3 is 2.44 bits per heavy atom. The summed E-state index contributed by atoms with van der Waals surface area (Å²) >= 11 is 12.2. The second-order valence-corrected chi connectivity index (χ2v) is 7.55. The van der Waals surface area contributed by atoms with E-state index in [-0.39, 0.29) is 12.4 Å². The van der Waals surface area contributed by atoms with E-state index in [4.69, 9.17) is 27.9 Å². The summed E-state index contributed by atoms with van der Waals surface area (Å²) in [5.74, 6) is -0.250. The van der Waals surface area contributed by atoms with Crippen LogP contribution in [0, 0.1) is 5.82 Å². The summed E-state index contributed by atoms with van der Waals surface area (Å²) in [4.78, 5) is 4.52. The molecule has 0 aliphatic carbocycles. The number of halogens is 3. The fourth-order valence-electron chi connectivity index (χ4n) is 3.12. The van der Waals surface area contributed by atoms with Gasteiger partial charge in [0.05, 0.1) is 0 Å². The number of hydrogen-bond acceptors (Lipinski definition) is 4. The molecule has 0 saturated carbocycles. The average Bonchev–Trinajstić information content (AvgIpc) is 2.65. The third kappa shape index (κ3) is 6.06. The molecule has 0 spiro atoms. The molecule has 3 rings (SSSR count). The summed E-state index contributed by atoms with van der Waals surface area (Å²) < 4.78 is 18.9. The largest absolute Gasteiger partial charge is 0.488 e. The molecule has 1 unspecified atom stereocenters. The molecule has 0 amide bonds. The molecule has 2 aromatic rings. The van der Waals surface area contributed by atoms with Crippen molar-refractivity contribution in [2.45, 2.75) is 12.6 Å². The van der Waals surface area contributed by atoms with Gasteiger partial charge in [-0.2, -0.15) is 0 Å². The van der Waals surface area contributed by atoms with E-state index < -0.39 is 11.9 Å². The molecule has 1 saturated heterocycles. The van der Waals surface area contributed by atoms with Gasteiger partial charge in [0.2, 0.25) is 0 Å². The number of ether oxygens (including phenoxy) is 1. The van der Waals surface area contributed by atoms with Gasteiger partial charge in [-0.25, -0.2) is 4.39 Å². The lowest BCUT2D eigenvalue weighted by Crippen LogP contribution is -2.48. The zero-order valence-electron chi connectivity index (χ0n) is 15.0. The van der Waals surface area contributed by atoms with Crippen LogP contribution in [0.15, 0.2) is 42.5 Å². The quantitative estimate of drug-likeness (QED) is 0.751. The van der Waals surface area contributed by atoms with E-state index in [2.05, 4.69) is 9.80 Å². The summed E-state index contributed by atoms with van der Waals surface area (Å²) in [5.41, 5.74) is 1.06. The lowest BCUT2D eigenvalue weighted by atomic mass is 10.2. The molecule has 4 nitrogen and oxygen atoms in total. The first kappa shape index (κ1) is 20.4. The van der Waals surface area contributed by atoms with Crippen molar-refractivity contribution in [3.8, 4) is 5.75 Å². The van der Waals surface area contributed by atoms with Gasteiger partial charge in [-0.05, 0) is 29.8 Å². The summed E-state index contributed by atoms with van der Waals surface area (Å²) in [5, 5.41) is 11.5. The third-order valence-electron chi connectivity index (χ3n) is 4.61. The maximum absolute atomic E-state index is 13.5. The number of rotatable bonds is 7. The van der Waals surface area contributed by atoms with E-state index in [1.807, 2.05) is 12.1 Å². The van der Waals surface area contributed by atoms with Crippen molar-refractivity contribution in [3.63, 3.8) is 0 Å². The summed E-state index contributed by atoms with van der Waals surface area (Å²) in [6, 6.07) is 11.8. The highest BCUT2D eigenvalue weighted by molar-refractivity contribution is 6.35. The van der Waals surface area contributed by atoms with Crippen molar-refractivity contribution >= 4 is 23.2 Å². The van der Waals surface area contributed by atoms with Crippen molar-refractivity contribution in [1.82, 2.24) is 9.80 Å². The Hall–Kier alpha value is -1.37. The first-order valence-electron chi connectivity index (χ1n) is 8.95. The number of nitrogens with zero attached hydrogens (tertiary/aromatic N) is 2.